The second kappa shape index (κ2) is 8.61. The van der Waals surface area contributed by atoms with Crippen molar-refractivity contribution in [2.45, 2.75) is 25.3 Å². The quantitative estimate of drug-likeness (QED) is 0.857. The summed E-state index contributed by atoms with van der Waals surface area (Å²) in [4.78, 5) is 14.5. The van der Waals surface area contributed by atoms with E-state index in [1.165, 1.54) is 0 Å². The molecule has 118 valence electrons. The Morgan fingerprint density at radius 2 is 2.29 bits per heavy atom. The smallest absolute Gasteiger partial charge is 0.227 e. The summed E-state index contributed by atoms with van der Waals surface area (Å²) in [6, 6.07) is 6.10. The molecule has 1 atom stereocenters. The summed E-state index contributed by atoms with van der Waals surface area (Å²) in [7, 11) is 3.56. The predicted octanol–water partition coefficient (Wildman–Crippen LogP) is 2.63. The van der Waals surface area contributed by atoms with Crippen molar-refractivity contribution in [3.63, 3.8) is 0 Å². The molecule has 0 saturated carbocycles. The highest BCUT2D eigenvalue weighted by atomic mass is 79.9. The average Bonchev–Trinajstić information content (AvgIpc) is 2.88. The van der Waals surface area contributed by atoms with E-state index < -0.39 is 0 Å². The van der Waals surface area contributed by atoms with Gasteiger partial charge in [-0.1, -0.05) is 15.9 Å². The van der Waals surface area contributed by atoms with Crippen LogP contribution in [0.15, 0.2) is 22.7 Å². The molecule has 0 radical (unpaired) electrons. The normalized spacial score (nSPS) is 17.5. The molecule has 6 heteroatoms. The third kappa shape index (κ3) is 4.59. The van der Waals surface area contributed by atoms with E-state index in [-0.39, 0.29) is 18.3 Å². The van der Waals surface area contributed by atoms with E-state index in [1.54, 1.807) is 7.11 Å². The molecule has 1 aromatic carbocycles. The van der Waals surface area contributed by atoms with Gasteiger partial charge < -0.3 is 15.0 Å². The van der Waals surface area contributed by atoms with Crippen LogP contribution in [-0.2, 0) is 11.2 Å². The Hall–Kier alpha value is -0.780. The lowest BCUT2D eigenvalue weighted by molar-refractivity contribution is -0.131. The van der Waals surface area contributed by atoms with Crippen molar-refractivity contribution in [1.29, 1.82) is 0 Å². The minimum Gasteiger partial charge on any atom is -0.496 e. The number of hydrogen-bond donors (Lipinski definition) is 1. The van der Waals surface area contributed by atoms with E-state index >= 15 is 0 Å². The molecule has 2 rings (SSSR count). The average molecular weight is 378 g/mol. The van der Waals surface area contributed by atoms with Crippen LogP contribution in [0.25, 0.3) is 0 Å². The molecule has 1 saturated heterocycles. The highest BCUT2D eigenvalue weighted by Gasteiger charge is 2.28. The molecule has 1 unspecified atom stereocenters. The fraction of sp³-hybridized carbons (Fsp3) is 0.533. The van der Waals surface area contributed by atoms with Crippen LogP contribution in [-0.4, -0.2) is 44.1 Å². The molecular formula is C15H22BrClN2O2. The molecular weight excluding hydrogens is 356 g/mol. The van der Waals surface area contributed by atoms with Crippen molar-refractivity contribution in [3.8, 4) is 5.75 Å². The van der Waals surface area contributed by atoms with Crippen molar-refractivity contribution >= 4 is 34.2 Å². The number of hydrogen-bond acceptors (Lipinski definition) is 3. The molecule has 21 heavy (non-hydrogen) atoms. The minimum atomic E-state index is 0. The van der Waals surface area contributed by atoms with Crippen molar-refractivity contribution in [3.05, 3.63) is 28.2 Å². The van der Waals surface area contributed by atoms with Crippen LogP contribution in [0.5, 0.6) is 5.75 Å². The number of carbonyl (C=O) groups is 1. The van der Waals surface area contributed by atoms with Crippen LogP contribution in [0.4, 0.5) is 0 Å². The van der Waals surface area contributed by atoms with Gasteiger partial charge in [-0.25, -0.2) is 0 Å². The molecule has 1 fully saturated rings. The van der Waals surface area contributed by atoms with Gasteiger partial charge in [0, 0.05) is 29.2 Å². The van der Waals surface area contributed by atoms with E-state index in [0.29, 0.717) is 12.5 Å². The zero-order chi connectivity index (χ0) is 14.5. The number of rotatable bonds is 5. The van der Waals surface area contributed by atoms with Crippen molar-refractivity contribution in [2.24, 2.45) is 0 Å². The maximum atomic E-state index is 12.5. The topological polar surface area (TPSA) is 41.6 Å². The van der Waals surface area contributed by atoms with Gasteiger partial charge in [0.25, 0.3) is 0 Å². The second-order valence-electron chi connectivity index (χ2n) is 5.07. The van der Waals surface area contributed by atoms with E-state index in [2.05, 4.69) is 21.2 Å². The number of amides is 1. The molecule has 1 aliphatic heterocycles. The summed E-state index contributed by atoms with van der Waals surface area (Å²) < 4.78 is 6.30. The number of benzene rings is 1. The monoisotopic (exact) mass is 376 g/mol. The van der Waals surface area contributed by atoms with Gasteiger partial charge in [0.05, 0.1) is 13.5 Å². The lowest BCUT2D eigenvalue weighted by Crippen LogP contribution is -2.41. The van der Waals surface area contributed by atoms with Crippen LogP contribution in [0, 0.1) is 0 Å². The first-order valence-electron chi connectivity index (χ1n) is 6.92. The predicted molar refractivity (Wildman–Crippen MR) is 90.3 cm³/mol. The van der Waals surface area contributed by atoms with E-state index in [1.807, 2.05) is 30.1 Å². The molecule has 1 aromatic rings. The number of halogens is 2. The number of nitrogens with one attached hydrogen (secondary N) is 1. The first-order chi connectivity index (χ1) is 9.65. The third-order valence-corrected chi connectivity index (χ3v) is 4.21. The van der Waals surface area contributed by atoms with E-state index in [0.717, 1.165) is 41.7 Å². The number of likely N-dealkylation sites (N-methyl/N-ethyl adjacent to an activating group) is 1. The number of ether oxygens (including phenoxy) is 1. The first kappa shape index (κ1) is 18.3. The maximum Gasteiger partial charge on any atom is 0.227 e. The Morgan fingerprint density at radius 3 is 2.95 bits per heavy atom. The lowest BCUT2D eigenvalue weighted by atomic mass is 10.1. The molecule has 1 aliphatic rings. The van der Waals surface area contributed by atoms with Gasteiger partial charge >= 0.3 is 0 Å². The van der Waals surface area contributed by atoms with Gasteiger partial charge in [0.2, 0.25) is 5.91 Å². The molecule has 0 bridgehead atoms. The fourth-order valence-electron chi connectivity index (χ4n) is 2.76. The number of carbonyl (C=O) groups excluding carboxylic acids is 1. The van der Waals surface area contributed by atoms with Gasteiger partial charge in [-0.2, -0.15) is 0 Å². The van der Waals surface area contributed by atoms with E-state index in [9.17, 15) is 4.79 Å². The van der Waals surface area contributed by atoms with Crippen LogP contribution in [0.3, 0.4) is 0 Å². The maximum absolute atomic E-state index is 12.5. The Morgan fingerprint density at radius 1 is 1.52 bits per heavy atom. The zero-order valence-corrected chi connectivity index (χ0v) is 14.8. The molecule has 1 N–H and O–H groups in total. The fourth-order valence-corrected chi connectivity index (χ4v) is 3.17. The highest BCUT2D eigenvalue weighted by Crippen LogP contribution is 2.25. The van der Waals surface area contributed by atoms with Crippen molar-refractivity contribution in [1.82, 2.24) is 10.2 Å². The zero-order valence-electron chi connectivity index (χ0n) is 12.4. The highest BCUT2D eigenvalue weighted by molar-refractivity contribution is 9.10. The summed E-state index contributed by atoms with van der Waals surface area (Å²) in [6.45, 7) is 1.73. The van der Waals surface area contributed by atoms with Gasteiger partial charge in [-0.15, -0.1) is 12.4 Å². The Labute approximate surface area is 140 Å². The standard InChI is InChI=1S/C15H21BrN2O2.ClH/c1-17-10-13-4-3-7-18(13)15(19)9-11-8-12(16)5-6-14(11)20-2;/h5-6,8,13,17H,3-4,7,9-10H2,1-2H3;1H. The van der Waals surface area contributed by atoms with Gasteiger partial charge in [0.15, 0.2) is 0 Å². The van der Waals surface area contributed by atoms with Crippen molar-refractivity contribution in [2.75, 3.05) is 27.2 Å². The SMILES string of the molecule is CNCC1CCCN1C(=O)Cc1cc(Br)ccc1OC.Cl. The summed E-state index contributed by atoms with van der Waals surface area (Å²) >= 11 is 3.45. The third-order valence-electron chi connectivity index (χ3n) is 3.72. The van der Waals surface area contributed by atoms with Gasteiger partial charge in [-0.3, -0.25) is 4.79 Å². The lowest BCUT2D eigenvalue weighted by Gasteiger charge is -2.25. The molecule has 0 spiro atoms. The van der Waals surface area contributed by atoms with Crippen LogP contribution >= 0.6 is 28.3 Å². The Balaban J connectivity index is 0.00000220. The minimum absolute atomic E-state index is 0. The van der Waals surface area contributed by atoms with Crippen molar-refractivity contribution < 1.29 is 9.53 Å². The summed E-state index contributed by atoms with van der Waals surface area (Å²) in [5, 5.41) is 3.16. The van der Waals surface area contributed by atoms with E-state index in [4.69, 9.17) is 4.74 Å². The molecule has 0 aliphatic carbocycles. The second-order valence-corrected chi connectivity index (χ2v) is 5.99. The number of methoxy groups -OCH3 is 1. The van der Waals surface area contributed by atoms with Gasteiger partial charge in [-0.05, 0) is 38.1 Å². The molecule has 0 aromatic heterocycles. The first-order valence-corrected chi connectivity index (χ1v) is 7.71. The van der Waals surface area contributed by atoms with Crippen LogP contribution in [0.2, 0.25) is 0 Å². The molecule has 1 heterocycles. The summed E-state index contributed by atoms with van der Waals surface area (Å²) in [6.07, 6.45) is 2.57. The number of likely N-dealkylation sites (tertiary alicyclic amines) is 1. The van der Waals surface area contributed by atoms with Gasteiger partial charge in [0.1, 0.15) is 5.75 Å². The Bertz CT molecular complexity index is 485. The number of nitrogens with zero attached hydrogens (tertiary/aromatic N) is 1. The summed E-state index contributed by atoms with van der Waals surface area (Å²) in [5.74, 6) is 0.949. The molecule has 1 amide bonds. The summed E-state index contributed by atoms with van der Waals surface area (Å²) in [5.41, 5.74) is 0.932. The van der Waals surface area contributed by atoms with Crippen LogP contribution < -0.4 is 10.1 Å². The largest absolute Gasteiger partial charge is 0.496 e. The Kier molecular flexibility index (Phi) is 7.49. The van der Waals surface area contributed by atoms with Crippen LogP contribution in [0.1, 0.15) is 18.4 Å². The molecule has 4 nitrogen and oxygen atoms in total.